The summed E-state index contributed by atoms with van der Waals surface area (Å²) in [5.74, 6) is 0.282. The highest BCUT2D eigenvalue weighted by molar-refractivity contribution is 5.76. The molecule has 1 amide bonds. The molecule has 1 aromatic rings. The number of likely N-dealkylation sites (tertiary alicyclic amines) is 1. The number of aromatic nitrogens is 2. The van der Waals surface area contributed by atoms with E-state index in [4.69, 9.17) is 0 Å². The first kappa shape index (κ1) is 16.0. The molecule has 1 aromatic heterocycles. The number of carbonyl (C=O) groups is 1. The van der Waals surface area contributed by atoms with Crippen molar-refractivity contribution >= 4 is 5.91 Å². The van der Waals surface area contributed by atoms with Crippen LogP contribution < -0.4 is 5.32 Å². The third kappa shape index (κ3) is 3.64. The van der Waals surface area contributed by atoms with Crippen LogP contribution in [0.5, 0.6) is 0 Å². The van der Waals surface area contributed by atoms with Crippen molar-refractivity contribution in [3.05, 3.63) is 17.0 Å². The third-order valence-corrected chi connectivity index (χ3v) is 4.42. The van der Waals surface area contributed by atoms with E-state index in [0.29, 0.717) is 6.42 Å². The molecule has 1 unspecified atom stereocenters. The lowest BCUT2D eigenvalue weighted by Gasteiger charge is -2.18. The van der Waals surface area contributed by atoms with Gasteiger partial charge in [-0.25, -0.2) is 0 Å². The first-order chi connectivity index (χ1) is 10.0. The summed E-state index contributed by atoms with van der Waals surface area (Å²) >= 11 is 0. The van der Waals surface area contributed by atoms with E-state index in [-0.39, 0.29) is 11.9 Å². The van der Waals surface area contributed by atoms with E-state index in [9.17, 15) is 4.79 Å². The Morgan fingerprint density at radius 2 is 2.00 bits per heavy atom. The summed E-state index contributed by atoms with van der Waals surface area (Å²) in [5, 5.41) is 8.03. The number of aryl methyl sites for hydroxylation is 2. The Morgan fingerprint density at radius 3 is 2.57 bits per heavy atom. The van der Waals surface area contributed by atoms with Crippen LogP contribution in [0.2, 0.25) is 0 Å². The van der Waals surface area contributed by atoms with E-state index in [2.05, 4.69) is 38.1 Å². The first-order valence-corrected chi connectivity index (χ1v) is 8.09. The molecule has 0 bridgehead atoms. The van der Waals surface area contributed by atoms with E-state index >= 15 is 0 Å². The average Bonchev–Trinajstić information content (AvgIpc) is 3.06. The van der Waals surface area contributed by atoms with Crippen molar-refractivity contribution in [3.8, 4) is 0 Å². The van der Waals surface area contributed by atoms with Crippen LogP contribution in [0.15, 0.2) is 0 Å². The molecular weight excluding hydrogens is 264 g/mol. The van der Waals surface area contributed by atoms with Crippen LogP contribution >= 0.6 is 0 Å². The second-order valence-corrected chi connectivity index (χ2v) is 5.91. The van der Waals surface area contributed by atoms with Crippen molar-refractivity contribution in [1.82, 2.24) is 20.0 Å². The standard InChI is InChI=1S/C16H28N4O/c1-5-20-14(4)16(13(3)18-20)12(2)17-9-8-15(21)19-10-6-7-11-19/h12,17H,5-11H2,1-4H3. The maximum absolute atomic E-state index is 12.0. The van der Waals surface area contributed by atoms with Gasteiger partial charge < -0.3 is 10.2 Å². The van der Waals surface area contributed by atoms with Crippen LogP contribution in [-0.4, -0.2) is 40.2 Å². The molecule has 2 heterocycles. The Morgan fingerprint density at radius 1 is 1.33 bits per heavy atom. The van der Waals surface area contributed by atoms with Crippen LogP contribution in [0.1, 0.15) is 56.1 Å². The van der Waals surface area contributed by atoms with Gasteiger partial charge in [0.2, 0.25) is 5.91 Å². The smallest absolute Gasteiger partial charge is 0.223 e. The van der Waals surface area contributed by atoms with Crippen molar-refractivity contribution in [1.29, 1.82) is 0 Å². The molecular formula is C16H28N4O. The van der Waals surface area contributed by atoms with Crippen molar-refractivity contribution in [2.45, 2.75) is 59.5 Å². The summed E-state index contributed by atoms with van der Waals surface area (Å²) in [5.41, 5.74) is 3.58. The van der Waals surface area contributed by atoms with Crippen LogP contribution in [0.25, 0.3) is 0 Å². The highest BCUT2D eigenvalue weighted by Gasteiger charge is 2.19. The minimum atomic E-state index is 0.233. The molecule has 0 aromatic carbocycles. The molecule has 0 aliphatic carbocycles. The molecule has 0 saturated carbocycles. The highest BCUT2D eigenvalue weighted by Crippen LogP contribution is 2.21. The predicted molar refractivity (Wildman–Crippen MR) is 84.2 cm³/mol. The van der Waals surface area contributed by atoms with Crippen LogP contribution in [0, 0.1) is 13.8 Å². The maximum Gasteiger partial charge on any atom is 0.223 e. The van der Waals surface area contributed by atoms with E-state index in [0.717, 1.165) is 44.7 Å². The van der Waals surface area contributed by atoms with Crippen molar-refractivity contribution < 1.29 is 4.79 Å². The Bertz CT molecular complexity index is 489. The summed E-state index contributed by atoms with van der Waals surface area (Å²) in [6, 6.07) is 0.233. The lowest BCUT2D eigenvalue weighted by atomic mass is 10.1. The number of hydrogen-bond donors (Lipinski definition) is 1. The predicted octanol–water partition coefficient (Wildman–Crippen LogP) is 2.18. The van der Waals surface area contributed by atoms with E-state index in [1.54, 1.807) is 0 Å². The topological polar surface area (TPSA) is 50.2 Å². The number of nitrogens with one attached hydrogen (secondary N) is 1. The van der Waals surface area contributed by atoms with Crippen LogP contribution in [0.3, 0.4) is 0 Å². The number of hydrogen-bond acceptors (Lipinski definition) is 3. The van der Waals surface area contributed by atoms with Gasteiger partial charge in [-0.1, -0.05) is 0 Å². The Balaban J connectivity index is 1.85. The number of rotatable bonds is 6. The lowest BCUT2D eigenvalue weighted by Crippen LogP contribution is -2.31. The molecule has 1 saturated heterocycles. The second-order valence-electron chi connectivity index (χ2n) is 5.91. The summed E-state index contributed by atoms with van der Waals surface area (Å²) in [6.07, 6.45) is 2.90. The fourth-order valence-electron chi connectivity index (χ4n) is 3.27. The van der Waals surface area contributed by atoms with E-state index in [1.807, 2.05) is 9.58 Å². The van der Waals surface area contributed by atoms with Crippen molar-refractivity contribution in [2.24, 2.45) is 0 Å². The maximum atomic E-state index is 12.0. The molecule has 1 N–H and O–H groups in total. The second kappa shape index (κ2) is 7.07. The molecule has 2 rings (SSSR count). The normalized spacial score (nSPS) is 16.5. The number of carbonyl (C=O) groups excluding carboxylic acids is 1. The van der Waals surface area contributed by atoms with Gasteiger partial charge in [0, 0.05) is 49.9 Å². The summed E-state index contributed by atoms with van der Waals surface area (Å²) in [6.45, 7) is 11.9. The van der Waals surface area contributed by atoms with Crippen molar-refractivity contribution in [3.63, 3.8) is 0 Å². The zero-order valence-corrected chi connectivity index (χ0v) is 13.8. The van der Waals surface area contributed by atoms with Gasteiger partial charge >= 0.3 is 0 Å². The number of nitrogens with zero attached hydrogens (tertiary/aromatic N) is 3. The quantitative estimate of drug-likeness (QED) is 0.874. The van der Waals surface area contributed by atoms with E-state index in [1.165, 1.54) is 11.3 Å². The molecule has 5 heteroatoms. The zero-order valence-electron chi connectivity index (χ0n) is 13.8. The van der Waals surface area contributed by atoms with Crippen LogP contribution in [-0.2, 0) is 11.3 Å². The Labute approximate surface area is 127 Å². The summed E-state index contributed by atoms with van der Waals surface area (Å²) < 4.78 is 2.04. The first-order valence-electron chi connectivity index (χ1n) is 8.09. The van der Waals surface area contributed by atoms with Gasteiger partial charge in [-0.3, -0.25) is 9.48 Å². The molecule has 1 aliphatic rings. The average molecular weight is 292 g/mol. The monoisotopic (exact) mass is 292 g/mol. The zero-order chi connectivity index (χ0) is 15.4. The van der Waals surface area contributed by atoms with Gasteiger partial charge in [0.05, 0.1) is 5.69 Å². The van der Waals surface area contributed by atoms with E-state index < -0.39 is 0 Å². The molecule has 0 spiro atoms. The third-order valence-electron chi connectivity index (χ3n) is 4.42. The lowest BCUT2D eigenvalue weighted by molar-refractivity contribution is -0.130. The molecule has 5 nitrogen and oxygen atoms in total. The fourth-order valence-corrected chi connectivity index (χ4v) is 3.27. The molecule has 1 fully saturated rings. The number of amides is 1. The molecule has 0 radical (unpaired) electrons. The summed E-state index contributed by atoms with van der Waals surface area (Å²) in [4.78, 5) is 14.0. The van der Waals surface area contributed by atoms with Crippen molar-refractivity contribution in [2.75, 3.05) is 19.6 Å². The van der Waals surface area contributed by atoms with Gasteiger partial charge in [0.1, 0.15) is 0 Å². The molecule has 21 heavy (non-hydrogen) atoms. The SMILES string of the molecule is CCn1nc(C)c(C(C)NCCC(=O)N2CCCC2)c1C. The summed E-state index contributed by atoms with van der Waals surface area (Å²) in [7, 11) is 0. The Kier molecular flexibility index (Phi) is 5.39. The van der Waals surface area contributed by atoms with Gasteiger partial charge in [-0.05, 0) is 40.5 Å². The van der Waals surface area contributed by atoms with Crippen LogP contribution in [0.4, 0.5) is 0 Å². The van der Waals surface area contributed by atoms with Gasteiger partial charge in [-0.15, -0.1) is 0 Å². The minimum absolute atomic E-state index is 0.233. The molecule has 118 valence electrons. The largest absolute Gasteiger partial charge is 0.343 e. The van der Waals surface area contributed by atoms with Gasteiger partial charge in [-0.2, -0.15) is 5.10 Å². The van der Waals surface area contributed by atoms with Gasteiger partial charge in [0.25, 0.3) is 0 Å². The minimum Gasteiger partial charge on any atom is -0.343 e. The molecule has 1 atom stereocenters. The fraction of sp³-hybridized carbons (Fsp3) is 0.750. The molecule has 1 aliphatic heterocycles. The Hall–Kier alpha value is -1.36. The highest BCUT2D eigenvalue weighted by atomic mass is 16.2. The van der Waals surface area contributed by atoms with Gasteiger partial charge in [0.15, 0.2) is 0 Å².